The number of aliphatic imine (C=N–C) groups is 1. The molecule has 0 N–H and O–H groups in total. The van der Waals surface area contributed by atoms with E-state index in [-0.39, 0.29) is 0 Å². The lowest BCUT2D eigenvalue weighted by Crippen LogP contribution is -2.29. The standard InChI is InChI=1S/C17H21N3S/c1-12(2)7-16-19-17-14(11-20(16)3)9-15(21-17)8-13-5-4-6-18-10-13/h4-6,9-10,12H,7-8,11H2,1-3H3. The fraction of sp³-hybridized carbons (Fsp3) is 0.412. The van der Waals surface area contributed by atoms with E-state index >= 15 is 0 Å². The fourth-order valence-corrected chi connectivity index (χ4v) is 3.68. The molecule has 0 saturated carbocycles. The molecule has 0 radical (unpaired) electrons. The number of aromatic nitrogens is 1. The zero-order valence-corrected chi connectivity index (χ0v) is 13.7. The van der Waals surface area contributed by atoms with Crippen molar-refractivity contribution in [1.82, 2.24) is 9.88 Å². The van der Waals surface area contributed by atoms with Gasteiger partial charge in [0.05, 0.1) is 0 Å². The van der Waals surface area contributed by atoms with Crippen LogP contribution in [0, 0.1) is 5.92 Å². The van der Waals surface area contributed by atoms with Crippen LogP contribution in [0.1, 0.15) is 36.3 Å². The van der Waals surface area contributed by atoms with Gasteiger partial charge in [-0.25, -0.2) is 4.99 Å². The molecule has 0 bridgehead atoms. The lowest BCUT2D eigenvalue weighted by molar-refractivity contribution is 0.468. The van der Waals surface area contributed by atoms with Crippen molar-refractivity contribution in [2.75, 3.05) is 7.05 Å². The maximum absolute atomic E-state index is 4.87. The first kappa shape index (κ1) is 14.3. The highest BCUT2D eigenvalue weighted by Gasteiger charge is 2.20. The van der Waals surface area contributed by atoms with Gasteiger partial charge >= 0.3 is 0 Å². The minimum atomic E-state index is 0.641. The molecule has 4 heteroatoms. The number of rotatable bonds is 4. The van der Waals surface area contributed by atoms with Crippen molar-refractivity contribution in [2.24, 2.45) is 10.9 Å². The van der Waals surface area contributed by atoms with Crippen molar-refractivity contribution in [3.05, 3.63) is 46.6 Å². The van der Waals surface area contributed by atoms with Gasteiger partial charge in [0.25, 0.3) is 0 Å². The molecule has 0 spiro atoms. The van der Waals surface area contributed by atoms with E-state index in [0.717, 1.165) is 19.4 Å². The molecule has 1 aliphatic rings. The van der Waals surface area contributed by atoms with Gasteiger partial charge in [0.2, 0.25) is 0 Å². The lowest BCUT2D eigenvalue weighted by atomic mass is 10.1. The van der Waals surface area contributed by atoms with Gasteiger partial charge in [0, 0.05) is 49.3 Å². The highest BCUT2D eigenvalue weighted by molar-refractivity contribution is 7.16. The van der Waals surface area contributed by atoms with E-state index in [2.05, 4.69) is 42.9 Å². The van der Waals surface area contributed by atoms with Crippen LogP contribution in [0.3, 0.4) is 0 Å². The Labute approximate surface area is 130 Å². The van der Waals surface area contributed by atoms with Crippen LogP contribution < -0.4 is 0 Å². The first-order valence-electron chi connectivity index (χ1n) is 7.41. The van der Waals surface area contributed by atoms with Gasteiger partial charge in [-0.2, -0.15) is 0 Å². The Morgan fingerprint density at radius 1 is 1.38 bits per heavy atom. The quantitative estimate of drug-likeness (QED) is 0.844. The Kier molecular flexibility index (Phi) is 4.06. The van der Waals surface area contributed by atoms with Crippen LogP contribution in [0.25, 0.3) is 0 Å². The molecule has 3 heterocycles. The van der Waals surface area contributed by atoms with Gasteiger partial charge in [0.1, 0.15) is 10.8 Å². The molecule has 0 atom stereocenters. The van der Waals surface area contributed by atoms with Crippen LogP contribution >= 0.6 is 11.3 Å². The second-order valence-electron chi connectivity index (χ2n) is 6.06. The van der Waals surface area contributed by atoms with Crippen molar-refractivity contribution in [2.45, 2.75) is 33.2 Å². The molecular weight excluding hydrogens is 278 g/mol. The van der Waals surface area contributed by atoms with Crippen molar-refractivity contribution < 1.29 is 0 Å². The molecule has 110 valence electrons. The SMILES string of the molecule is CC(C)CC1=Nc2sc(Cc3cccnc3)cc2CN1C. The summed E-state index contributed by atoms with van der Waals surface area (Å²) in [4.78, 5) is 12.7. The maximum atomic E-state index is 4.87. The summed E-state index contributed by atoms with van der Waals surface area (Å²) in [5.41, 5.74) is 2.62. The van der Waals surface area contributed by atoms with Gasteiger partial charge in [0.15, 0.2) is 0 Å². The minimum absolute atomic E-state index is 0.641. The van der Waals surface area contributed by atoms with Crippen LogP contribution in [0.4, 0.5) is 5.00 Å². The Balaban J connectivity index is 1.82. The van der Waals surface area contributed by atoms with Gasteiger partial charge in [-0.05, 0) is 23.6 Å². The fourth-order valence-electron chi connectivity index (χ4n) is 2.59. The predicted octanol–water partition coefficient (Wildman–Crippen LogP) is 4.26. The number of nitrogens with zero attached hydrogens (tertiary/aromatic N) is 3. The van der Waals surface area contributed by atoms with Crippen LogP contribution in [0.2, 0.25) is 0 Å². The summed E-state index contributed by atoms with van der Waals surface area (Å²) in [5, 5.41) is 1.20. The first-order valence-corrected chi connectivity index (χ1v) is 8.22. The average Bonchev–Trinajstić information content (AvgIpc) is 2.81. The number of hydrogen-bond donors (Lipinski definition) is 0. The van der Waals surface area contributed by atoms with E-state index in [4.69, 9.17) is 4.99 Å². The Morgan fingerprint density at radius 2 is 2.24 bits per heavy atom. The van der Waals surface area contributed by atoms with E-state index in [0.29, 0.717) is 5.92 Å². The van der Waals surface area contributed by atoms with Crippen LogP contribution in [0.15, 0.2) is 35.6 Å². The second-order valence-corrected chi connectivity index (χ2v) is 7.18. The van der Waals surface area contributed by atoms with Gasteiger partial charge < -0.3 is 4.90 Å². The molecular formula is C17H21N3S. The number of pyridine rings is 1. The van der Waals surface area contributed by atoms with Crippen molar-refractivity contribution in [1.29, 1.82) is 0 Å². The first-order chi connectivity index (χ1) is 10.1. The van der Waals surface area contributed by atoms with E-state index in [9.17, 15) is 0 Å². The highest BCUT2D eigenvalue weighted by atomic mass is 32.1. The maximum Gasteiger partial charge on any atom is 0.123 e. The lowest BCUT2D eigenvalue weighted by Gasteiger charge is -2.26. The molecule has 0 amide bonds. The van der Waals surface area contributed by atoms with E-state index in [1.54, 1.807) is 0 Å². The zero-order chi connectivity index (χ0) is 14.8. The molecule has 3 nitrogen and oxygen atoms in total. The Morgan fingerprint density at radius 3 is 2.95 bits per heavy atom. The summed E-state index contributed by atoms with van der Waals surface area (Å²) in [7, 11) is 2.14. The summed E-state index contributed by atoms with van der Waals surface area (Å²) in [5.74, 6) is 1.86. The van der Waals surface area contributed by atoms with Crippen LogP contribution in [-0.2, 0) is 13.0 Å². The Bertz CT molecular complexity index is 643. The number of fused-ring (bicyclic) bond motifs is 1. The molecule has 0 aliphatic carbocycles. The third-order valence-corrected chi connectivity index (χ3v) is 4.68. The summed E-state index contributed by atoms with van der Waals surface area (Å²) in [6.07, 6.45) is 5.76. The molecule has 21 heavy (non-hydrogen) atoms. The molecule has 0 unspecified atom stereocenters. The van der Waals surface area contributed by atoms with Gasteiger partial charge in [-0.1, -0.05) is 19.9 Å². The van der Waals surface area contributed by atoms with Crippen molar-refractivity contribution in [3.63, 3.8) is 0 Å². The molecule has 0 fully saturated rings. The topological polar surface area (TPSA) is 28.5 Å². The highest BCUT2D eigenvalue weighted by Crippen LogP contribution is 2.36. The molecule has 0 saturated heterocycles. The average molecular weight is 299 g/mol. The molecule has 1 aliphatic heterocycles. The summed E-state index contributed by atoms with van der Waals surface area (Å²) >= 11 is 1.82. The van der Waals surface area contributed by atoms with E-state index < -0.39 is 0 Å². The second kappa shape index (κ2) is 5.98. The van der Waals surface area contributed by atoms with Crippen molar-refractivity contribution >= 4 is 22.2 Å². The zero-order valence-electron chi connectivity index (χ0n) is 12.8. The summed E-state index contributed by atoms with van der Waals surface area (Å²) in [6.45, 7) is 5.46. The smallest absolute Gasteiger partial charge is 0.123 e. The van der Waals surface area contributed by atoms with Crippen LogP contribution in [-0.4, -0.2) is 22.8 Å². The molecule has 2 aromatic heterocycles. The number of amidine groups is 1. The van der Waals surface area contributed by atoms with Crippen molar-refractivity contribution in [3.8, 4) is 0 Å². The summed E-state index contributed by atoms with van der Waals surface area (Å²) < 4.78 is 0. The largest absolute Gasteiger partial charge is 0.359 e. The Hall–Kier alpha value is -1.68. The predicted molar refractivity (Wildman–Crippen MR) is 89.4 cm³/mol. The summed E-state index contributed by atoms with van der Waals surface area (Å²) in [6, 6.07) is 6.43. The minimum Gasteiger partial charge on any atom is -0.359 e. The monoisotopic (exact) mass is 299 g/mol. The van der Waals surface area contributed by atoms with E-state index in [1.165, 1.54) is 26.8 Å². The van der Waals surface area contributed by atoms with Crippen LogP contribution in [0.5, 0.6) is 0 Å². The number of hydrogen-bond acceptors (Lipinski definition) is 4. The molecule has 2 aromatic rings. The molecule has 3 rings (SSSR count). The van der Waals surface area contributed by atoms with Gasteiger partial charge in [-0.15, -0.1) is 11.3 Å². The third kappa shape index (κ3) is 3.32. The van der Waals surface area contributed by atoms with Gasteiger partial charge in [-0.3, -0.25) is 4.98 Å². The number of thiophene rings is 1. The third-order valence-electron chi connectivity index (χ3n) is 3.61. The normalized spacial score (nSPS) is 14.3. The molecule has 0 aromatic carbocycles. The van der Waals surface area contributed by atoms with E-state index in [1.807, 2.05) is 29.8 Å².